The van der Waals surface area contributed by atoms with Gasteiger partial charge in [0, 0.05) is 13.1 Å². The quantitative estimate of drug-likeness (QED) is 0.735. The van der Waals surface area contributed by atoms with Gasteiger partial charge >= 0.3 is 0 Å². The number of nitrogen functional groups attached to an aromatic ring is 1. The summed E-state index contributed by atoms with van der Waals surface area (Å²) in [7, 11) is 0. The van der Waals surface area contributed by atoms with Crippen LogP contribution >= 0.6 is 0 Å². The van der Waals surface area contributed by atoms with Crippen molar-refractivity contribution < 1.29 is 4.74 Å². The summed E-state index contributed by atoms with van der Waals surface area (Å²) in [6.07, 6.45) is 3.28. The van der Waals surface area contributed by atoms with Crippen molar-refractivity contribution in [1.29, 1.82) is 0 Å². The fourth-order valence-electron chi connectivity index (χ4n) is 1.73. The molecule has 2 N–H and O–H groups in total. The summed E-state index contributed by atoms with van der Waals surface area (Å²) >= 11 is 0. The Bertz CT molecular complexity index is 353. The molecule has 15 heavy (non-hydrogen) atoms. The molecule has 1 aromatic heterocycles. The molecule has 5 heteroatoms. The molecule has 1 aliphatic heterocycles. The molecule has 1 aliphatic rings. The Labute approximate surface area is 89.3 Å². The Morgan fingerprint density at radius 1 is 1.47 bits per heavy atom. The summed E-state index contributed by atoms with van der Waals surface area (Å²) < 4.78 is 5.63. The van der Waals surface area contributed by atoms with Gasteiger partial charge in [-0.2, -0.15) is 0 Å². The van der Waals surface area contributed by atoms with Crippen LogP contribution in [-0.4, -0.2) is 35.3 Å². The summed E-state index contributed by atoms with van der Waals surface area (Å²) in [5, 5.41) is 0. The number of hydrogen-bond acceptors (Lipinski definition) is 5. The molecule has 0 atom stereocenters. The SMILES string of the molecule is CC1(C)CN(c2cncc(N)n2)CCO1. The minimum absolute atomic E-state index is 0.134. The van der Waals surface area contributed by atoms with E-state index in [1.54, 1.807) is 12.4 Å². The van der Waals surface area contributed by atoms with E-state index >= 15 is 0 Å². The first-order valence-corrected chi connectivity index (χ1v) is 5.03. The first kappa shape index (κ1) is 10.2. The highest BCUT2D eigenvalue weighted by molar-refractivity contribution is 5.42. The van der Waals surface area contributed by atoms with Gasteiger partial charge in [0.1, 0.15) is 11.6 Å². The van der Waals surface area contributed by atoms with E-state index in [1.807, 2.05) is 0 Å². The van der Waals surface area contributed by atoms with E-state index in [0.717, 1.165) is 18.9 Å². The van der Waals surface area contributed by atoms with Crippen LogP contribution in [0.3, 0.4) is 0 Å². The van der Waals surface area contributed by atoms with Crippen LogP contribution < -0.4 is 10.6 Å². The van der Waals surface area contributed by atoms with Gasteiger partial charge in [-0.3, -0.25) is 4.98 Å². The third kappa shape index (κ3) is 2.36. The zero-order valence-corrected chi connectivity index (χ0v) is 9.10. The van der Waals surface area contributed by atoms with Crippen LogP contribution in [0.1, 0.15) is 13.8 Å². The molecule has 82 valence electrons. The molecule has 2 rings (SSSR count). The molecule has 0 saturated carbocycles. The van der Waals surface area contributed by atoms with Crippen molar-refractivity contribution in [1.82, 2.24) is 9.97 Å². The molecular formula is C10H16N4O. The molecule has 0 amide bonds. The molecule has 0 aliphatic carbocycles. The van der Waals surface area contributed by atoms with Crippen LogP contribution in [0.5, 0.6) is 0 Å². The third-order valence-corrected chi connectivity index (χ3v) is 2.39. The third-order valence-electron chi connectivity index (χ3n) is 2.39. The molecule has 1 fully saturated rings. The molecule has 0 unspecified atom stereocenters. The number of hydrogen-bond donors (Lipinski definition) is 1. The van der Waals surface area contributed by atoms with Crippen molar-refractivity contribution >= 4 is 11.6 Å². The van der Waals surface area contributed by atoms with Gasteiger partial charge in [0.2, 0.25) is 0 Å². The number of rotatable bonds is 1. The van der Waals surface area contributed by atoms with E-state index in [9.17, 15) is 0 Å². The molecule has 0 spiro atoms. The minimum atomic E-state index is -0.134. The smallest absolute Gasteiger partial charge is 0.149 e. The van der Waals surface area contributed by atoms with Gasteiger partial charge in [-0.05, 0) is 13.8 Å². The van der Waals surface area contributed by atoms with Crippen molar-refractivity contribution in [3.63, 3.8) is 0 Å². The van der Waals surface area contributed by atoms with Crippen molar-refractivity contribution in [3.05, 3.63) is 12.4 Å². The van der Waals surface area contributed by atoms with Crippen LogP contribution in [0.25, 0.3) is 0 Å². The average molecular weight is 208 g/mol. The van der Waals surface area contributed by atoms with Crippen LogP contribution in [0.4, 0.5) is 11.6 Å². The molecule has 0 bridgehead atoms. The maximum atomic E-state index is 5.63. The molecule has 1 aromatic rings. The lowest BCUT2D eigenvalue weighted by molar-refractivity contribution is -0.0279. The van der Waals surface area contributed by atoms with Crippen LogP contribution in [0, 0.1) is 0 Å². The number of morpholine rings is 1. The zero-order valence-electron chi connectivity index (χ0n) is 9.10. The highest BCUT2D eigenvalue weighted by Crippen LogP contribution is 2.21. The van der Waals surface area contributed by atoms with E-state index in [0.29, 0.717) is 12.4 Å². The number of ether oxygens (including phenoxy) is 1. The van der Waals surface area contributed by atoms with Gasteiger partial charge < -0.3 is 15.4 Å². The molecule has 2 heterocycles. The highest BCUT2D eigenvalue weighted by atomic mass is 16.5. The van der Waals surface area contributed by atoms with E-state index in [-0.39, 0.29) is 5.60 Å². The highest BCUT2D eigenvalue weighted by Gasteiger charge is 2.27. The topological polar surface area (TPSA) is 64.3 Å². The van der Waals surface area contributed by atoms with Crippen molar-refractivity contribution in [2.45, 2.75) is 19.4 Å². The second kappa shape index (κ2) is 3.66. The van der Waals surface area contributed by atoms with Crippen LogP contribution in [0.15, 0.2) is 12.4 Å². The van der Waals surface area contributed by atoms with Gasteiger partial charge in [0.15, 0.2) is 0 Å². The Morgan fingerprint density at radius 3 is 2.93 bits per heavy atom. The average Bonchev–Trinajstić information content (AvgIpc) is 2.16. The number of nitrogens with two attached hydrogens (primary N) is 1. The van der Waals surface area contributed by atoms with Crippen molar-refractivity contribution in [3.8, 4) is 0 Å². The Kier molecular flexibility index (Phi) is 2.48. The molecule has 1 saturated heterocycles. The van der Waals surface area contributed by atoms with E-state index < -0.39 is 0 Å². The van der Waals surface area contributed by atoms with Gasteiger partial charge in [-0.25, -0.2) is 4.98 Å². The lowest BCUT2D eigenvalue weighted by Crippen LogP contribution is -2.48. The van der Waals surface area contributed by atoms with E-state index in [4.69, 9.17) is 10.5 Å². The Morgan fingerprint density at radius 2 is 2.27 bits per heavy atom. The largest absolute Gasteiger partial charge is 0.382 e. The predicted octanol–water partition coefficient (Wildman–Crippen LogP) is 0.674. The maximum absolute atomic E-state index is 5.63. The van der Waals surface area contributed by atoms with E-state index in [1.165, 1.54) is 0 Å². The maximum Gasteiger partial charge on any atom is 0.149 e. The van der Waals surface area contributed by atoms with Gasteiger partial charge in [-0.1, -0.05) is 0 Å². The predicted molar refractivity (Wildman–Crippen MR) is 58.7 cm³/mol. The van der Waals surface area contributed by atoms with Gasteiger partial charge in [0.25, 0.3) is 0 Å². The molecule has 0 aromatic carbocycles. The zero-order chi connectivity index (χ0) is 10.9. The first-order chi connectivity index (χ1) is 7.07. The lowest BCUT2D eigenvalue weighted by atomic mass is 10.1. The first-order valence-electron chi connectivity index (χ1n) is 5.03. The van der Waals surface area contributed by atoms with Crippen LogP contribution in [0.2, 0.25) is 0 Å². The standard InChI is InChI=1S/C10H16N4O/c1-10(2)7-14(3-4-15-10)9-6-12-5-8(11)13-9/h5-6H,3-4,7H2,1-2H3,(H2,11,13). The monoisotopic (exact) mass is 208 g/mol. The van der Waals surface area contributed by atoms with Crippen molar-refractivity contribution in [2.24, 2.45) is 0 Å². The molecule has 0 radical (unpaired) electrons. The fourth-order valence-corrected chi connectivity index (χ4v) is 1.73. The lowest BCUT2D eigenvalue weighted by Gasteiger charge is -2.38. The molecule has 5 nitrogen and oxygen atoms in total. The van der Waals surface area contributed by atoms with Gasteiger partial charge in [-0.15, -0.1) is 0 Å². The summed E-state index contributed by atoms with van der Waals surface area (Å²) in [5.74, 6) is 1.28. The van der Waals surface area contributed by atoms with Crippen molar-refractivity contribution in [2.75, 3.05) is 30.3 Å². The number of anilines is 2. The summed E-state index contributed by atoms with van der Waals surface area (Å²) in [6.45, 7) is 6.49. The van der Waals surface area contributed by atoms with E-state index in [2.05, 4.69) is 28.7 Å². The fraction of sp³-hybridized carbons (Fsp3) is 0.600. The second-order valence-electron chi connectivity index (χ2n) is 4.33. The van der Waals surface area contributed by atoms with Crippen LogP contribution in [-0.2, 0) is 4.74 Å². The van der Waals surface area contributed by atoms with Gasteiger partial charge in [0.05, 0.1) is 24.6 Å². The Balaban J connectivity index is 2.17. The summed E-state index contributed by atoms with van der Waals surface area (Å²) in [5.41, 5.74) is 5.47. The summed E-state index contributed by atoms with van der Waals surface area (Å²) in [6, 6.07) is 0. The number of aromatic nitrogens is 2. The normalized spacial score (nSPS) is 20.3. The minimum Gasteiger partial charge on any atom is -0.382 e. The molecular weight excluding hydrogens is 192 g/mol. The number of nitrogens with zero attached hydrogens (tertiary/aromatic N) is 3. The Hall–Kier alpha value is -1.36. The summed E-state index contributed by atoms with van der Waals surface area (Å²) in [4.78, 5) is 10.4. The second-order valence-corrected chi connectivity index (χ2v) is 4.33.